The maximum Gasteiger partial charge on any atom is 0.336 e. The molecule has 0 fully saturated rings. The highest BCUT2D eigenvalue weighted by molar-refractivity contribution is 5.99. The second-order valence-electron chi connectivity index (χ2n) is 3.25. The number of nitrogen functional groups attached to an aromatic ring is 1. The number of carboxylic acid groups (broad SMARTS) is 2. The molecule has 0 saturated heterocycles. The molecule has 0 aliphatic carbocycles. The monoisotopic (exact) mass is 209 g/mol. The van der Waals surface area contributed by atoms with Crippen LogP contribution in [0.1, 0.15) is 31.8 Å². The molecule has 1 aromatic carbocycles. The van der Waals surface area contributed by atoms with Crippen LogP contribution in [0.5, 0.6) is 0 Å². The molecule has 0 spiro atoms. The van der Waals surface area contributed by atoms with Gasteiger partial charge in [-0.15, -0.1) is 0 Å². The SMILES string of the molecule is Cc1c(N)cc(C(=O)O)c(C)c1C(=O)O. The summed E-state index contributed by atoms with van der Waals surface area (Å²) in [5, 5.41) is 17.8. The van der Waals surface area contributed by atoms with Crippen LogP contribution < -0.4 is 5.73 Å². The first-order chi connectivity index (χ1) is 6.86. The highest BCUT2D eigenvalue weighted by atomic mass is 16.4. The minimum absolute atomic E-state index is 0.0348. The summed E-state index contributed by atoms with van der Waals surface area (Å²) in [7, 11) is 0. The van der Waals surface area contributed by atoms with Crippen LogP contribution in [-0.2, 0) is 0 Å². The van der Waals surface area contributed by atoms with Gasteiger partial charge in [0.1, 0.15) is 0 Å². The van der Waals surface area contributed by atoms with Gasteiger partial charge in [0.2, 0.25) is 0 Å². The Hall–Kier alpha value is -2.04. The van der Waals surface area contributed by atoms with E-state index in [0.29, 0.717) is 5.56 Å². The summed E-state index contributed by atoms with van der Waals surface area (Å²) in [5.41, 5.74) is 6.22. The van der Waals surface area contributed by atoms with Gasteiger partial charge in [0.05, 0.1) is 11.1 Å². The van der Waals surface area contributed by atoms with E-state index in [1.165, 1.54) is 13.0 Å². The quantitative estimate of drug-likeness (QED) is 0.637. The number of carboxylic acids is 2. The first kappa shape index (κ1) is 11.0. The van der Waals surface area contributed by atoms with Gasteiger partial charge in [-0.25, -0.2) is 9.59 Å². The van der Waals surface area contributed by atoms with Crippen molar-refractivity contribution in [2.75, 3.05) is 5.73 Å². The maximum absolute atomic E-state index is 10.9. The number of anilines is 1. The summed E-state index contributed by atoms with van der Waals surface area (Å²) in [6, 6.07) is 1.28. The normalized spacial score (nSPS) is 10.0. The zero-order valence-electron chi connectivity index (χ0n) is 8.37. The number of carbonyl (C=O) groups is 2. The molecule has 0 saturated carbocycles. The Balaban J connectivity index is 3.63. The van der Waals surface area contributed by atoms with E-state index in [2.05, 4.69) is 0 Å². The third-order valence-corrected chi connectivity index (χ3v) is 2.33. The molecule has 0 aromatic heterocycles. The molecular weight excluding hydrogens is 198 g/mol. The fourth-order valence-corrected chi connectivity index (χ4v) is 1.48. The summed E-state index contributed by atoms with van der Waals surface area (Å²) in [6.07, 6.45) is 0. The van der Waals surface area contributed by atoms with Crippen LogP contribution in [0.3, 0.4) is 0 Å². The molecule has 0 radical (unpaired) electrons. The molecule has 0 atom stereocenters. The second-order valence-corrected chi connectivity index (χ2v) is 3.25. The van der Waals surface area contributed by atoms with Gasteiger partial charge in [-0.05, 0) is 31.0 Å². The lowest BCUT2D eigenvalue weighted by Crippen LogP contribution is -2.11. The van der Waals surface area contributed by atoms with Crippen LogP contribution in [0.4, 0.5) is 5.69 Å². The van der Waals surface area contributed by atoms with Crippen LogP contribution in [0.15, 0.2) is 6.07 Å². The third kappa shape index (κ3) is 1.76. The van der Waals surface area contributed by atoms with E-state index in [0.717, 1.165) is 0 Å². The summed E-state index contributed by atoms with van der Waals surface area (Å²) >= 11 is 0. The highest BCUT2D eigenvalue weighted by Crippen LogP contribution is 2.24. The first-order valence-corrected chi connectivity index (χ1v) is 4.22. The Morgan fingerprint density at radius 1 is 1.13 bits per heavy atom. The second kappa shape index (κ2) is 3.61. The largest absolute Gasteiger partial charge is 0.478 e. The van der Waals surface area contributed by atoms with Crippen LogP contribution in [-0.4, -0.2) is 22.2 Å². The Labute approximate surface area is 86.1 Å². The van der Waals surface area contributed by atoms with Crippen LogP contribution >= 0.6 is 0 Å². The fourth-order valence-electron chi connectivity index (χ4n) is 1.48. The van der Waals surface area contributed by atoms with Gasteiger partial charge in [0, 0.05) is 5.69 Å². The van der Waals surface area contributed by atoms with Crippen molar-refractivity contribution in [2.45, 2.75) is 13.8 Å². The molecule has 0 heterocycles. The van der Waals surface area contributed by atoms with Gasteiger partial charge in [-0.3, -0.25) is 0 Å². The Morgan fingerprint density at radius 3 is 2.07 bits per heavy atom. The van der Waals surface area contributed by atoms with E-state index in [1.807, 2.05) is 0 Å². The highest BCUT2D eigenvalue weighted by Gasteiger charge is 2.19. The van der Waals surface area contributed by atoms with E-state index in [-0.39, 0.29) is 22.4 Å². The fraction of sp³-hybridized carbons (Fsp3) is 0.200. The average Bonchev–Trinajstić information content (AvgIpc) is 2.10. The molecule has 0 unspecified atom stereocenters. The van der Waals surface area contributed by atoms with Gasteiger partial charge in [-0.2, -0.15) is 0 Å². The van der Waals surface area contributed by atoms with Crippen molar-refractivity contribution in [1.82, 2.24) is 0 Å². The van der Waals surface area contributed by atoms with E-state index in [4.69, 9.17) is 15.9 Å². The maximum atomic E-state index is 10.9. The van der Waals surface area contributed by atoms with Gasteiger partial charge in [0.15, 0.2) is 0 Å². The van der Waals surface area contributed by atoms with Crippen molar-refractivity contribution in [1.29, 1.82) is 0 Å². The number of hydrogen-bond donors (Lipinski definition) is 3. The minimum atomic E-state index is -1.18. The summed E-state index contributed by atoms with van der Waals surface area (Å²) in [4.78, 5) is 21.7. The van der Waals surface area contributed by atoms with Crippen molar-refractivity contribution >= 4 is 17.6 Å². The Kier molecular flexibility index (Phi) is 2.65. The molecule has 1 rings (SSSR count). The van der Waals surface area contributed by atoms with E-state index >= 15 is 0 Å². The first-order valence-electron chi connectivity index (χ1n) is 4.22. The molecule has 0 bridgehead atoms. The molecule has 0 amide bonds. The molecule has 1 aromatic rings. The smallest absolute Gasteiger partial charge is 0.336 e. The predicted octanol–water partition coefficient (Wildman–Crippen LogP) is 1.28. The lowest BCUT2D eigenvalue weighted by molar-refractivity contribution is 0.0695. The molecule has 0 aliphatic heterocycles. The average molecular weight is 209 g/mol. The topological polar surface area (TPSA) is 101 Å². The van der Waals surface area contributed by atoms with Crippen molar-refractivity contribution < 1.29 is 19.8 Å². The number of rotatable bonds is 2. The van der Waals surface area contributed by atoms with Crippen molar-refractivity contribution in [3.63, 3.8) is 0 Å². The predicted molar refractivity (Wildman–Crippen MR) is 54.2 cm³/mol. The third-order valence-electron chi connectivity index (χ3n) is 2.33. The molecule has 0 aliphatic rings. The molecule has 80 valence electrons. The van der Waals surface area contributed by atoms with Crippen LogP contribution in [0, 0.1) is 13.8 Å². The van der Waals surface area contributed by atoms with Crippen LogP contribution in [0.2, 0.25) is 0 Å². The van der Waals surface area contributed by atoms with Gasteiger partial charge < -0.3 is 15.9 Å². The van der Waals surface area contributed by atoms with Crippen molar-refractivity contribution in [3.05, 3.63) is 28.3 Å². The lowest BCUT2D eigenvalue weighted by Gasteiger charge is -2.11. The minimum Gasteiger partial charge on any atom is -0.478 e. The van der Waals surface area contributed by atoms with Crippen molar-refractivity contribution in [2.24, 2.45) is 0 Å². The lowest BCUT2D eigenvalue weighted by atomic mass is 9.96. The standard InChI is InChI=1S/C10H11NO4/c1-4-6(9(12)13)3-7(11)5(2)8(4)10(14)15/h3H,11H2,1-2H3,(H,12,13)(H,14,15). The number of benzene rings is 1. The molecule has 5 nitrogen and oxygen atoms in total. The van der Waals surface area contributed by atoms with Gasteiger partial charge >= 0.3 is 11.9 Å². The summed E-state index contributed by atoms with van der Waals surface area (Å²) in [6.45, 7) is 3.01. The number of aromatic carboxylic acids is 2. The summed E-state index contributed by atoms with van der Waals surface area (Å²) < 4.78 is 0. The summed E-state index contributed by atoms with van der Waals surface area (Å²) in [5.74, 6) is -2.35. The zero-order valence-corrected chi connectivity index (χ0v) is 8.37. The van der Waals surface area contributed by atoms with Crippen LogP contribution in [0.25, 0.3) is 0 Å². The zero-order chi connectivity index (χ0) is 11.7. The Bertz CT molecular complexity index is 451. The Morgan fingerprint density at radius 2 is 1.67 bits per heavy atom. The van der Waals surface area contributed by atoms with E-state index in [1.54, 1.807) is 6.92 Å². The van der Waals surface area contributed by atoms with Gasteiger partial charge in [0.25, 0.3) is 0 Å². The van der Waals surface area contributed by atoms with Gasteiger partial charge in [-0.1, -0.05) is 0 Å². The number of hydrogen-bond acceptors (Lipinski definition) is 3. The molecular formula is C10H11NO4. The molecule has 5 heteroatoms. The molecule has 4 N–H and O–H groups in total. The van der Waals surface area contributed by atoms with E-state index in [9.17, 15) is 9.59 Å². The van der Waals surface area contributed by atoms with Crippen molar-refractivity contribution in [3.8, 4) is 0 Å². The molecule has 15 heavy (non-hydrogen) atoms. The van der Waals surface area contributed by atoms with E-state index < -0.39 is 11.9 Å². The number of nitrogens with two attached hydrogens (primary N) is 1.